The smallest absolute Gasteiger partial charge is 0.342 e. The largest absolute Gasteiger partial charge is 0.416 e. The molecule has 0 N–H and O–H groups in total. The molecule has 2 aromatic carbocycles. The van der Waals surface area contributed by atoms with Crippen LogP contribution in [0.3, 0.4) is 0 Å². The second-order valence-electron chi connectivity index (χ2n) is 5.89. The lowest BCUT2D eigenvalue weighted by Crippen LogP contribution is -2.11. The van der Waals surface area contributed by atoms with Crippen molar-refractivity contribution in [3.63, 3.8) is 0 Å². The van der Waals surface area contributed by atoms with E-state index in [4.69, 9.17) is 11.6 Å². The maximum Gasteiger partial charge on any atom is 0.416 e. The van der Waals surface area contributed by atoms with E-state index in [2.05, 4.69) is 0 Å². The van der Waals surface area contributed by atoms with Crippen LogP contribution in [0.5, 0.6) is 0 Å². The van der Waals surface area contributed by atoms with Crippen LogP contribution in [-0.2, 0) is 19.1 Å². The number of nitrogens with zero attached hydrogens (tertiary/aromatic N) is 1. The standard InChI is InChI=1S/C19H14ClF4NO/c20-15-3-2-13(17(10-15)19(22,23)24)8-16-9-14-7-12(11-26)1-4-18(14)25(16)6-5-21/h1-4,7,9-11H,5-6,8H2. The molecule has 0 saturated heterocycles. The average Bonchev–Trinajstić information content (AvgIpc) is 2.92. The summed E-state index contributed by atoms with van der Waals surface area (Å²) in [4.78, 5) is 10.9. The minimum Gasteiger partial charge on any atom is -0.342 e. The van der Waals surface area contributed by atoms with Crippen molar-refractivity contribution in [3.8, 4) is 0 Å². The summed E-state index contributed by atoms with van der Waals surface area (Å²) in [5, 5.41) is 0.682. The predicted molar refractivity (Wildman–Crippen MR) is 92.6 cm³/mol. The summed E-state index contributed by atoms with van der Waals surface area (Å²) in [6.07, 6.45) is -3.88. The highest BCUT2D eigenvalue weighted by atomic mass is 35.5. The first kappa shape index (κ1) is 18.5. The van der Waals surface area contributed by atoms with Crippen molar-refractivity contribution in [1.29, 1.82) is 0 Å². The lowest BCUT2D eigenvalue weighted by atomic mass is 10.0. The minimum atomic E-state index is -4.54. The van der Waals surface area contributed by atoms with E-state index in [0.717, 1.165) is 6.07 Å². The van der Waals surface area contributed by atoms with Gasteiger partial charge in [-0.3, -0.25) is 4.79 Å². The first-order chi connectivity index (χ1) is 12.3. The molecule has 0 unspecified atom stereocenters. The van der Waals surface area contributed by atoms with Crippen LogP contribution in [0.2, 0.25) is 5.02 Å². The average molecular weight is 384 g/mol. The Bertz CT molecular complexity index is 962. The van der Waals surface area contributed by atoms with Crippen LogP contribution in [0, 0.1) is 0 Å². The molecule has 0 aliphatic rings. The van der Waals surface area contributed by atoms with Crippen molar-refractivity contribution in [2.75, 3.05) is 6.67 Å². The quantitative estimate of drug-likeness (QED) is 0.410. The zero-order valence-corrected chi connectivity index (χ0v) is 14.2. The van der Waals surface area contributed by atoms with Crippen LogP contribution in [0.15, 0.2) is 42.5 Å². The van der Waals surface area contributed by atoms with Gasteiger partial charge < -0.3 is 4.57 Å². The molecular weight excluding hydrogens is 370 g/mol. The molecule has 0 fully saturated rings. The van der Waals surface area contributed by atoms with Crippen molar-refractivity contribution in [2.24, 2.45) is 0 Å². The summed E-state index contributed by atoms with van der Waals surface area (Å²) >= 11 is 5.72. The highest BCUT2D eigenvalue weighted by Gasteiger charge is 2.33. The van der Waals surface area contributed by atoms with Gasteiger partial charge in [-0.25, -0.2) is 4.39 Å². The van der Waals surface area contributed by atoms with E-state index in [1.165, 1.54) is 12.1 Å². The number of carbonyl (C=O) groups is 1. The molecule has 1 heterocycles. The highest BCUT2D eigenvalue weighted by Crippen LogP contribution is 2.35. The molecule has 136 valence electrons. The third-order valence-electron chi connectivity index (χ3n) is 4.20. The van der Waals surface area contributed by atoms with Crippen LogP contribution in [0.4, 0.5) is 17.6 Å². The maximum atomic E-state index is 13.3. The van der Waals surface area contributed by atoms with Crippen LogP contribution < -0.4 is 0 Å². The van der Waals surface area contributed by atoms with Crippen molar-refractivity contribution < 1.29 is 22.4 Å². The number of hydrogen-bond donors (Lipinski definition) is 0. The van der Waals surface area contributed by atoms with Gasteiger partial charge in [0.2, 0.25) is 0 Å². The number of aryl methyl sites for hydroxylation is 1. The number of aromatic nitrogens is 1. The van der Waals surface area contributed by atoms with Gasteiger partial charge >= 0.3 is 6.18 Å². The zero-order valence-electron chi connectivity index (χ0n) is 13.5. The van der Waals surface area contributed by atoms with E-state index in [0.29, 0.717) is 28.4 Å². The number of aldehydes is 1. The van der Waals surface area contributed by atoms with Crippen molar-refractivity contribution in [1.82, 2.24) is 4.57 Å². The van der Waals surface area contributed by atoms with Gasteiger partial charge in [0.1, 0.15) is 13.0 Å². The first-order valence-corrected chi connectivity index (χ1v) is 8.20. The summed E-state index contributed by atoms with van der Waals surface area (Å²) in [6, 6.07) is 10.2. The number of carbonyl (C=O) groups excluding carboxylic acids is 1. The van der Waals surface area contributed by atoms with E-state index in [1.54, 1.807) is 28.8 Å². The van der Waals surface area contributed by atoms with Crippen LogP contribution >= 0.6 is 11.6 Å². The molecule has 2 nitrogen and oxygen atoms in total. The van der Waals surface area contributed by atoms with Crippen LogP contribution in [0.25, 0.3) is 10.9 Å². The summed E-state index contributed by atoms with van der Waals surface area (Å²) < 4.78 is 54.6. The zero-order chi connectivity index (χ0) is 18.9. The predicted octanol–water partition coefficient (Wildman–Crippen LogP) is 5.69. The van der Waals surface area contributed by atoms with Gasteiger partial charge in [-0.1, -0.05) is 17.7 Å². The second-order valence-corrected chi connectivity index (χ2v) is 6.32. The molecule has 3 aromatic rings. The Balaban J connectivity index is 2.11. The summed E-state index contributed by atoms with van der Waals surface area (Å²) in [5.74, 6) is 0. The Morgan fingerprint density at radius 1 is 1.08 bits per heavy atom. The molecule has 0 radical (unpaired) electrons. The number of alkyl halides is 4. The Morgan fingerprint density at radius 3 is 2.50 bits per heavy atom. The number of rotatable bonds is 5. The fourth-order valence-electron chi connectivity index (χ4n) is 3.08. The molecule has 26 heavy (non-hydrogen) atoms. The van der Waals surface area contributed by atoms with Gasteiger partial charge in [0.25, 0.3) is 0 Å². The summed E-state index contributed by atoms with van der Waals surface area (Å²) in [6.45, 7) is -0.632. The van der Waals surface area contributed by atoms with Gasteiger partial charge in [0, 0.05) is 33.6 Å². The molecule has 7 heteroatoms. The van der Waals surface area contributed by atoms with Crippen molar-refractivity contribution in [3.05, 3.63) is 69.9 Å². The Morgan fingerprint density at radius 2 is 1.85 bits per heavy atom. The molecule has 0 amide bonds. The van der Waals surface area contributed by atoms with Gasteiger partial charge in [-0.05, 0) is 42.0 Å². The lowest BCUT2D eigenvalue weighted by molar-refractivity contribution is -0.138. The summed E-state index contributed by atoms with van der Waals surface area (Å²) in [5.41, 5.74) is 0.902. The van der Waals surface area contributed by atoms with E-state index < -0.39 is 18.4 Å². The first-order valence-electron chi connectivity index (χ1n) is 7.82. The van der Waals surface area contributed by atoms with E-state index in [-0.39, 0.29) is 23.6 Å². The van der Waals surface area contributed by atoms with Gasteiger partial charge in [0.05, 0.1) is 12.1 Å². The number of fused-ring (bicyclic) bond motifs is 1. The molecule has 0 spiro atoms. The topological polar surface area (TPSA) is 22.0 Å². The maximum absolute atomic E-state index is 13.3. The fraction of sp³-hybridized carbons (Fsp3) is 0.211. The molecule has 1 aromatic heterocycles. The Kier molecular flexibility index (Phi) is 5.05. The van der Waals surface area contributed by atoms with Gasteiger partial charge in [0.15, 0.2) is 0 Å². The molecule has 0 saturated carbocycles. The highest BCUT2D eigenvalue weighted by molar-refractivity contribution is 6.30. The SMILES string of the molecule is O=Cc1ccc2c(c1)cc(Cc1ccc(Cl)cc1C(F)(F)F)n2CCF. The molecule has 3 rings (SSSR count). The fourth-order valence-corrected chi connectivity index (χ4v) is 3.25. The number of hydrogen-bond acceptors (Lipinski definition) is 1. The van der Waals surface area contributed by atoms with Gasteiger partial charge in [-0.15, -0.1) is 0 Å². The van der Waals surface area contributed by atoms with E-state index >= 15 is 0 Å². The van der Waals surface area contributed by atoms with Crippen LogP contribution in [-0.4, -0.2) is 17.5 Å². The van der Waals surface area contributed by atoms with E-state index in [9.17, 15) is 22.4 Å². The van der Waals surface area contributed by atoms with Crippen molar-refractivity contribution in [2.45, 2.75) is 19.1 Å². The Labute approximate surface area is 152 Å². The molecule has 0 atom stereocenters. The third-order valence-corrected chi connectivity index (χ3v) is 4.44. The molecule has 0 bridgehead atoms. The van der Waals surface area contributed by atoms with Crippen LogP contribution in [0.1, 0.15) is 27.2 Å². The number of benzene rings is 2. The van der Waals surface area contributed by atoms with E-state index in [1.807, 2.05) is 0 Å². The Hall–Kier alpha value is -2.34. The molecule has 0 aliphatic heterocycles. The molecule has 0 aliphatic carbocycles. The normalized spacial score (nSPS) is 11.9. The minimum absolute atomic E-state index is 0.000928. The molecular formula is C19H14ClF4NO. The number of halogens is 5. The van der Waals surface area contributed by atoms with Gasteiger partial charge in [-0.2, -0.15) is 13.2 Å². The lowest BCUT2D eigenvalue weighted by Gasteiger charge is -2.15. The summed E-state index contributed by atoms with van der Waals surface area (Å²) in [7, 11) is 0. The third kappa shape index (κ3) is 3.60. The van der Waals surface area contributed by atoms with Crippen molar-refractivity contribution >= 4 is 28.8 Å². The monoisotopic (exact) mass is 383 g/mol. The second kappa shape index (κ2) is 7.11.